The van der Waals surface area contributed by atoms with Crippen molar-refractivity contribution in [2.24, 2.45) is 0 Å². The number of carboxylic acids is 1. The zero-order chi connectivity index (χ0) is 16.6. The average molecular weight is 315 g/mol. The molecule has 1 aliphatic heterocycles. The Hall–Kier alpha value is -1.84. The first kappa shape index (κ1) is 16.0. The van der Waals surface area contributed by atoms with Gasteiger partial charge >= 0.3 is 5.97 Å². The van der Waals surface area contributed by atoms with Gasteiger partial charge in [-0.25, -0.2) is 0 Å². The minimum absolute atomic E-state index is 0.00866. The Bertz CT molecular complexity index is 619. The second kappa shape index (κ2) is 5.99. The third-order valence-corrected chi connectivity index (χ3v) is 5.74. The number of aliphatic carboxylic acids is 1. The monoisotopic (exact) mass is 315 g/mol. The van der Waals surface area contributed by atoms with E-state index in [4.69, 9.17) is 0 Å². The van der Waals surface area contributed by atoms with E-state index in [0.29, 0.717) is 11.1 Å². The van der Waals surface area contributed by atoms with Crippen LogP contribution in [0.3, 0.4) is 0 Å². The predicted molar refractivity (Wildman–Crippen MR) is 88.6 cm³/mol. The molecule has 1 saturated carbocycles. The van der Waals surface area contributed by atoms with Gasteiger partial charge in [-0.2, -0.15) is 0 Å². The fourth-order valence-electron chi connectivity index (χ4n) is 4.58. The lowest BCUT2D eigenvalue weighted by Crippen LogP contribution is -2.63. The Kier molecular flexibility index (Phi) is 4.17. The van der Waals surface area contributed by atoms with Crippen LogP contribution >= 0.6 is 0 Å². The van der Waals surface area contributed by atoms with Gasteiger partial charge in [-0.3, -0.25) is 9.59 Å². The maximum Gasteiger partial charge on any atom is 0.313 e. The van der Waals surface area contributed by atoms with Crippen LogP contribution in [0.25, 0.3) is 0 Å². The van der Waals surface area contributed by atoms with Gasteiger partial charge in [0.15, 0.2) is 0 Å². The van der Waals surface area contributed by atoms with Gasteiger partial charge < -0.3 is 10.0 Å². The molecule has 0 aromatic heterocycles. The van der Waals surface area contributed by atoms with E-state index in [-0.39, 0.29) is 11.9 Å². The number of hydrogen-bond donors (Lipinski definition) is 1. The molecular weight excluding hydrogens is 290 g/mol. The van der Waals surface area contributed by atoms with Crippen LogP contribution in [-0.4, -0.2) is 33.5 Å². The number of carbonyl (C=O) groups excluding carboxylic acids is 1. The number of nitrogens with zero attached hydrogens (tertiary/aromatic N) is 1. The quantitative estimate of drug-likeness (QED) is 0.922. The van der Waals surface area contributed by atoms with Gasteiger partial charge in [0.05, 0.1) is 5.54 Å². The SMILES string of the molecule is CC[C@@H](C)N1C(=O)c2ccccc2[C@@H](C(=O)O)C12CCCCC2. The molecular formula is C19H25NO3. The lowest BCUT2D eigenvalue weighted by Gasteiger charge is -2.55. The van der Waals surface area contributed by atoms with E-state index in [9.17, 15) is 14.7 Å². The van der Waals surface area contributed by atoms with Crippen molar-refractivity contribution in [3.63, 3.8) is 0 Å². The summed E-state index contributed by atoms with van der Waals surface area (Å²) in [5, 5.41) is 10.0. The Balaban J connectivity index is 2.23. The molecule has 0 bridgehead atoms. The van der Waals surface area contributed by atoms with Gasteiger partial charge in [0.1, 0.15) is 5.92 Å². The van der Waals surface area contributed by atoms with Crippen molar-refractivity contribution in [1.82, 2.24) is 4.90 Å². The molecule has 0 saturated heterocycles. The van der Waals surface area contributed by atoms with Crippen molar-refractivity contribution in [2.75, 3.05) is 0 Å². The maximum atomic E-state index is 13.2. The fraction of sp³-hybridized carbons (Fsp3) is 0.579. The van der Waals surface area contributed by atoms with E-state index in [2.05, 4.69) is 6.92 Å². The van der Waals surface area contributed by atoms with E-state index >= 15 is 0 Å². The first-order chi connectivity index (χ1) is 11.0. The molecule has 1 N–H and O–H groups in total. The molecule has 4 nitrogen and oxygen atoms in total. The highest BCUT2D eigenvalue weighted by molar-refractivity contribution is 6.01. The predicted octanol–water partition coefficient (Wildman–Crippen LogP) is 3.81. The standard InChI is InChI=1S/C19H25NO3/c1-3-13(2)20-17(21)15-10-6-5-9-14(15)16(18(22)23)19(20)11-7-4-8-12-19/h5-6,9-10,13,16H,3-4,7-8,11-12H2,1-2H3,(H,22,23)/t13-,16+/m1/s1. The van der Waals surface area contributed by atoms with E-state index in [1.165, 1.54) is 0 Å². The molecule has 3 rings (SSSR count). The minimum atomic E-state index is -0.805. The van der Waals surface area contributed by atoms with Crippen LogP contribution in [-0.2, 0) is 4.79 Å². The molecule has 0 radical (unpaired) electrons. The first-order valence-corrected chi connectivity index (χ1v) is 8.68. The van der Waals surface area contributed by atoms with Gasteiger partial charge in [-0.1, -0.05) is 44.4 Å². The van der Waals surface area contributed by atoms with Crippen molar-refractivity contribution in [3.05, 3.63) is 35.4 Å². The van der Waals surface area contributed by atoms with Crippen molar-refractivity contribution in [2.45, 2.75) is 69.9 Å². The summed E-state index contributed by atoms with van der Waals surface area (Å²) in [5.74, 6) is -1.42. The second-order valence-corrected chi connectivity index (χ2v) is 6.96. The van der Waals surface area contributed by atoms with Crippen LogP contribution in [0.1, 0.15) is 74.2 Å². The van der Waals surface area contributed by atoms with Gasteiger partial charge in [0.25, 0.3) is 5.91 Å². The van der Waals surface area contributed by atoms with Gasteiger partial charge in [-0.05, 0) is 37.8 Å². The molecule has 1 aliphatic carbocycles. The zero-order valence-corrected chi connectivity index (χ0v) is 13.9. The normalized spacial score (nSPS) is 24.3. The maximum absolute atomic E-state index is 13.2. The Morgan fingerprint density at radius 3 is 2.57 bits per heavy atom. The summed E-state index contributed by atoms with van der Waals surface area (Å²) in [6.45, 7) is 4.10. The molecule has 1 heterocycles. The zero-order valence-electron chi connectivity index (χ0n) is 13.9. The molecule has 2 atom stereocenters. The van der Waals surface area contributed by atoms with E-state index in [0.717, 1.165) is 38.5 Å². The summed E-state index contributed by atoms with van der Waals surface area (Å²) < 4.78 is 0. The molecule has 1 aromatic carbocycles. The van der Waals surface area contributed by atoms with Crippen LogP contribution in [0.2, 0.25) is 0 Å². The molecule has 1 amide bonds. The summed E-state index contributed by atoms with van der Waals surface area (Å²) >= 11 is 0. The summed E-state index contributed by atoms with van der Waals surface area (Å²) in [6.07, 6.45) is 5.52. The Labute approximate surface area is 137 Å². The molecule has 1 spiro atoms. The number of benzene rings is 1. The van der Waals surface area contributed by atoms with Crippen LogP contribution < -0.4 is 0 Å². The molecule has 0 unspecified atom stereocenters. The summed E-state index contributed by atoms with van der Waals surface area (Å²) in [7, 11) is 0. The van der Waals surface area contributed by atoms with Crippen molar-refractivity contribution < 1.29 is 14.7 Å². The topological polar surface area (TPSA) is 57.6 Å². The summed E-state index contributed by atoms with van der Waals surface area (Å²) in [4.78, 5) is 27.3. The molecule has 23 heavy (non-hydrogen) atoms. The highest BCUT2D eigenvalue weighted by Crippen LogP contribution is 2.50. The molecule has 124 valence electrons. The van der Waals surface area contributed by atoms with Crippen LogP contribution in [0.4, 0.5) is 0 Å². The number of rotatable bonds is 3. The number of hydrogen-bond acceptors (Lipinski definition) is 2. The van der Waals surface area contributed by atoms with Crippen LogP contribution in [0.15, 0.2) is 24.3 Å². The summed E-state index contributed by atoms with van der Waals surface area (Å²) in [6, 6.07) is 7.33. The van der Waals surface area contributed by atoms with Crippen LogP contribution in [0, 0.1) is 0 Å². The number of amides is 1. The fourth-order valence-corrected chi connectivity index (χ4v) is 4.58. The van der Waals surface area contributed by atoms with Crippen molar-refractivity contribution in [1.29, 1.82) is 0 Å². The molecule has 1 fully saturated rings. The molecule has 4 heteroatoms. The van der Waals surface area contributed by atoms with Crippen molar-refractivity contribution >= 4 is 11.9 Å². The van der Waals surface area contributed by atoms with E-state index < -0.39 is 17.4 Å². The first-order valence-electron chi connectivity index (χ1n) is 8.68. The van der Waals surface area contributed by atoms with E-state index in [1.807, 2.05) is 30.0 Å². The second-order valence-electron chi connectivity index (χ2n) is 6.96. The van der Waals surface area contributed by atoms with E-state index in [1.54, 1.807) is 6.07 Å². The lowest BCUT2D eigenvalue weighted by atomic mass is 9.65. The molecule has 2 aliphatic rings. The third kappa shape index (κ3) is 2.35. The van der Waals surface area contributed by atoms with Crippen LogP contribution in [0.5, 0.6) is 0 Å². The average Bonchev–Trinajstić information content (AvgIpc) is 2.55. The highest BCUT2D eigenvalue weighted by Gasteiger charge is 2.55. The van der Waals surface area contributed by atoms with Gasteiger partial charge in [0, 0.05) is 11.6 Å². The number of carboxylic acid groups (broad SMARTS) is 1. The smallest absolute Gasteiger partial charge is 0.313 e. The molecule has 1 aromatic rings. The highest BCUT2D eigenvalue weighted by atomic mass is 16.4. The minimum Gasteiger partial charge on any atom is -0.481 e. The summed E-state index contributed by atoms with van der Waals surface area (Å²) in [5.41, 5.74) is 0.702. The number of carbonyl (C=O) groups is 2. The Morgan fingerprint density at radius 1 is 1.30 bits per heavy atom. The van der Waals surface area contributed by atoms with Crippen molar-refractivity contribution in [3.8, 4) is 0 Å². The van der Waals surface area contributed by atoms with Gasteiger partial charge in [-0.15, -0.1) is 0 Å². The Morgan fingerprint density at radius 2 is 1.96 bits per heavy atom. The third-order valence-electron chi connectivity index (χ3n) is 5.74. The largest absolute Gasteiger partial charge is 0.481 e. The number of fused-ring (bicyclic) bond motifs is 1. The van der Waals surface area contributed by atoms with Gasteiger partial charge in [0.2, 0.25) is 0 Å². The lowest BCUT2D eigenvalue weighted by molar-refractivity contribution is -0.144.